The summed E-state index contributed by atoms with van der Waals surface area (Å²) in [5.41, 5.74) is 0.822. The highest BCUT2D eigenvalue weighted by molar-refractivity contribution is 7.89. The van der Waals surface area contributed by atoms with Crippen molar-refractivity contribution in [1.29, 1.82) is 0 Å². The Morgan fingerprint density at radius 2 is 1.77 bits per heavy atom. The summed E-state index contributed by atoms with van der Waals surface area (Å²) in [4.78, 5) is 24.8. The maximum Gasteiger partial charge on any atom is 0.310 e. The molecule has 2 saturated heterocycles. The van der Waals surface area contributed by atoms with Crippen LogP contribution < -0.4 is 9.47 Å². The van der Waals surface area contributed by atoms with Crippen LogP contribution in [0.3, 0.4) is 0 Å². The van der Waals surface area contributed by atoms with Crippen molar-refractivity contribution in [3.8, 4) is 11.8 Å². The van der Waals surface area contributed by atoms with Gasteiger partial charge in [0.1, 0.15) is 17.1 Å². The predicted molar refractivity (Wildman–Crippen MR) is 201 cm³/mol. The van der Waals surface area contributed by atoms with E-state index in [2.05, 4.69) is 20.1 Å². The Kier molecular flexibility index (Phi) is 11.1. The molecule has 7 rings (SSSR count). The van der Waals surface area contributed by atoms with Crippen molar-refractivity contribution in [3.63, 3.8) is 0 Å². The Labute approximate surface area is 325 Å². The number of likely N-dealkylation sites (tertiary alicyclic amines) is 1. The summed E-state index contributed by atoms with van der Waals surface area (Å²) in [5.74, 6) is -2.20. The molecule has 4 aromatic rings. The second-order valence-corrected chi connectivity index (χ2v) is 17.6. The number of nitrogens with zero attached hydrogens (tertiary/aromatic N) is 7. The molecule has 0 bridgehead atoms. The van der Waals surface area contributed by atoms with Crippen molar-refractivity contribution in [3.05, 3.63) is 69.9 Å². The van der Waals surface area contributed by atoms with Gasteiger partial charge in [-0.25, -0.2) is 17.2 Å². The molecule has 3 aliphatic heterocycles. The molecule has 56 heavy (non-hydrogen) atoms. The largest absolute Gasteiger partial charge is 0.481 e. The fourth-order valence-electron chi connectivity index (χ4n) is 8.03. The number of aryl methyl sites for hydroxylation is 3. The van der Waals surface area contributed by atoms with Crippen molar-refractivity contribution in [2.45, 2.75) is 96.1 Å². The molecule has 0 radical (unpaired) electrons. The van der Waals surface area contributed by atoms with Crippen LogP contribution in [-0.2, 0) is 26.1 Å². The number of hydrogen-bond acceptors (Lipinski definition) is 11. The molecule has 0 unspecified atom stereocenters. The molecular formula is C39H49F2N7O7S. The van der Waals surface area contributed by atoms with Crippen LogP contribution in [0.5, 0.6) is 11.8 Å². The minimum Gasteiger partial charge on any atom is -0.481 e. The molecule has 1 atom stereocenters. The number of fused-ring (bicyclic) bond motifs is 2. The number of aromatic nitrogens is 5. The standard InChI is InChI=1S/C39H49F2N7O7S/c1-24-9-10-28(31(38(4,5)37(49)50)27-11-16-48-33(26(27)3)44-45-34(48)32(40)41)42-29(24)22-47-23-39(12-18-53-19-13-39)55-36-30(56(47,51)52)21-25(2)35(43-36)54-20-17-46-14-7-6-8-15-46/h9-11,16,21,31-32H,6-8,12-15,17-20,22-23H2,1-5H3,(H,49,50)/t31-/m0/s1. The van der Waals surface area contributed by atoms with Crippen LogP contribution in [0.2, 0.25) is 0 Å². The van der Waals surface area contributed by atoms with Crippen molar-refractivity contribution in [2.24, 2.45) is 5.41 Å². The summed E-state index contributed by atoms with van der Waals surface area (Å²) < 4.78 is 77.8. The second kappa shape index (κ2) is 15.6. The monoisotopic (exact) mass is 797 g/mol. The van der Waals surface area contributed by atoms with Gasteiger partial charge in [0, 0.05) is 42.8 Å². The van der Waals surface area contributed by atoms with E-state index in [1.807, 2.05) is 6.92 Å². The quantitative estimate of drug-likeness (QED) is 0.200. The number of ether oxygens (including phenoxy) is 3. The number of sulfonamides is 1. The third kappa shape index (κ3) is 7.57. The molecule has 1 spiro atoms. The molecule has 3 aliphatic rings. The molecule has 0 saturated carbocycles. The van der Waals surface area contributed by atoms with E-state index in [1.54, 1.807) is 52.0 Å². The SMILES string of the molecule is Cc1ccc([C@H](c2ccn3c(C(F)F)nnc3c2C)C(C)(C)C(=O)O)nc1CN1CC2(CCOCC2)Oc2nc(OCCN3CCCCC3)c(C)cc2S1(=O)=O. The number of carbonyl (C=O) groups is 1. The number of rotatable bonds is 11. The summed E-state index contributed by atoms with van der Waals surface area (Å²) >= 11 is 0. The van der Waals surface area contributed by atoms with E-state index < -0.39 is 45.2 Å². The van der Waals surface area contributed by atoms with E-state index in [0.29, 0.717) is 72.2 Å². The number of carboxylic acid groups (broad SMARTS) is 1. The van der Waals surface area contributed by atoms with Gasteiger partial charge in [0.15, 0.2) is 5.65 Å². The summed E-state index contributed by atoms with van der Waals surface area (Å²) in [5, 5.41) is 18.2. The highest BCUT2D eigenvalue weighted by Crippen LogP contribution is 2.44. The lowest BCUT2D eigenvalue weighted by atomic mass is 9.72. The molecular weight excluding hydrogens is 749 g/mol. The topological polar surface area (TPSA) is 162 Å². The van der Waals surface area contributed by atoms with Crippen molar-refractivity contribution in [1.82, 2.24) is 33.8 Å². The maximum atomic E-state index is 14.7. The molecule has 1 N–H and O–H groups in total. The highest BCUT2D eigenvalue weighted by atomic mass is 32.2. The Morgan fingerprint density at radius 1 is 1.04 bits per heavy atom. The summed E-state index contributed by atoms with van der Waals surface area (Å²) in [6, 6.07) is 6.67. The van der Waals surface area contributed by atoms with E-state index in [9.17, 15) is 27.1 Å². The van der Waals surface area contributed by atoms with Gasteiger partial charge in [0.05, 0.1) is 37.4 Å². The normalized spacial score (nSPS) is 19.4. The third-order valence-corrected chi connectivity index (χ3v) is 13.3. The summed E-state index contributed by atoms with van der Waals surface area (Å²) in [7, 11) is -4.22. The third-order valence-electron chi connectivity index (χ3n) is 11.5. The van der Waals surface area contributed by atoms with Gasteiger partial charge >= 0.3 is 5.97 Å². The zero-order chi connectivity index (χ0) is 40.0. The first-order valence-electron chi connectivity index (χ1n) is 19.1. The van der Waals surface area contributed by atoms with Crippen molar-refractivity contribution < 1.29 is 41.3 Å². The van der Waals surface area contributed by atoms with Crippen LogP contribution in [0.15, 0.2) is 35.4 Å². The molecule has 2 fully saturated rings. The predicted octanol–water partition coefficient (Wildman–Crippen LogP) is 5.62. The fourth-order valence-corrected chi connectivity index (χ4v) is 9.64. The van der Waals surface area contributed by atoms with E-state index >= 15 is 0 Å². The van der Waals surface area contributed by atoms with Gasteiger partial charge in [-0.1, -0.05) is 12.5 Å². The Bertz CT molecular complexity index is 2220. The first-order valence-corrected chi connectivity index (χ1v) is 20.5. The van der Waals surface area contributed by atoms with Gasteiger partial charge in [0.25, 0.3) is 6.43 Å². The highest BCUT2D eigenvalue weighted by Gasteiger charge is 2.47. The second-order valence-electron chi connectivity index (χ2n) is 15.7. The number of carboxylic acids is 1. The summed E-state index contributed by atoms with van der Waals surface area (Å²) in [6.07, 6.45) is 2.97. The van der Waals surface area contributed by atoms with Gasteiger partial charge in [-0.15, -0.1) is 10.2 Å². The average molecular weight is 798 g/mol. The molecule has 0 amide bonds. The van der Waals surface area contributed by atoms with E-state index in [4.69, 9.17) is 19.2 Å². The Balaban J connectivity index is 1.26. The van der Waals surface area contributed by atoms with Crippen LogP contribution >= 0.6 is 0 Å². The van der Waals surface area contributed by atoms with Gasteiger partial charge in [-0.05, 0) is 95.4 Å². The van der Waals surface area contributed by atoms with Gasteiger partial charge in [-0.3, -0.25) is 19.1 Å². The molecule has 0 aromatic carbocycles. The Hall–Kier alpha value is -4.32. The smallest absolute Gasteiger partial charge is 0.310 e. The minimum atomic E-state index is -4.22. The zero-order valence-corrected chi connectivity index (χ0v) is 33.2. The number of pyridine rings is 3. The Morgan fingerprint density at radius 3 is 2.46 bits per heavy atom. The van der Waals surface area contributed by atoms with E-state index in [1.165, 1.54) is 21.3 Å². The molecule has 302 valence electrons. The molecule has 0 aliphatic carbocycles. The fraction of sp³-hybridized carbons (Fsp3) is 0.564. The number of halogens is 2. The first-order chi connectivity index (χ1) is 26.6. The van der Waals surface area contributed by atoms with Crippen LogP contribution in [0.1, 0.15) is 97.8 Å². The van der Waals surface area contributed by atoms with Gasteiger partial charge in [-0.2, -0.15) is 9.29 Å². The van der Waals surface area contributed by atoms with Crippen molar-refractivity contribution in [2.75, 3.05) is 46.0 Å². The molecule has 4 aromatic heterocycles. The van der Waals surface area contributed by atoms with E-state index in [0.717, 1.165) is 32.5 Å². The maximum absolute atomic E-state index is 14.7. The molecule has 14 nitrogen and oxygen atoms in total. The lowest BCUT2D eigenvalue weighted by molar-refractivity contribution is -0.147. The van der Waals surface area contributed by atoms with Crippen LogP contribution in [0, 0.1) is 26.2 Å². The van der Waals surface area contributed by atoms with Crippen LogP contribution in [-0.4, -0.2) is 105 Å². The first kappa shape index (κ1) is 39.9. The van der Waals surface area contributed by atoms with Gasteiger partial charge < -0.3 is 19.3 Å². The zero-order valence-electron chi connectivity index (χ0n) is 32.4. The molecule has 17 heteroatoms. The molecule has 7 heterocycles. The van der Waals surface area contributed by atoms with Crippen LogP contribution in [0.25, 0.3) is 5.65 Å². The average Bonchev–Trinajstić information content (AvgIpc) is 3.58. The lowest BCUT2D eigenvalue weighted by Gasteiger charge is -2.38. The number of piperidine rings is 1. The van der Waals surface area contributed by atoms with Crippen molar-refractivity contribution >= 4 is 21.6 Å². The lowest BCUT2D eigenvalue weighted by Crippen LogP contribution is -2.50. The summed E-state index contributed by atoms with van der Waals surface area (Å²) in [6.45, 7) is 12.3. The van der Waals surface area contributed by atoms with E-state index in [-0.39, 0.29) is 29.5 Å². The van der Waals surface area contributed by atoms with Crippen LogP contribution in [0.4, 0.5) is 8.78 Å². The van der Waals surface area contributed by atoms with Gasteiger partial charge in [0.2, 0.25) is 27.6 Å². The number of alkyl halides is 2. The number of aliphatic carboxylic acids is 1. The number of hydrogen-bond donors (Lipinski definition) is 1. The minimum absolute atomic E-state index is 0.00374.